The third-order valence-corrected chi connectivity index (χ3v) is 5.51. The van der Waals surface area contributed by atoms with Gasteiger partial charge in [0.15, 0.2) is 10.9 Å². The van der Waals surface area contributed by atoms with Crippen molar-refractivity contribution in [2.45, 2.75) is 19.2 Å². The molecule has 0 fully saturated rings. The van der Waals surface area contributed by atoms with Gasteiger partial charge in [-0.05, 0) is 30.3 Å². The Kier molecular flexibility index (Phi) is 5.46. The summed E-state index contributed by atoms with van der Waals surface area (Å²) in [5.74, 6) is -1.25. The summed E-state index contributed by atoms with van der Waals surface area (Å²) in [5.41, 5.74) is 2.11. The highest BCUT2D eigenvalue weighted by molar-refractivity contribution is 7.22. The number of nitrogens with zero attached hydrogens (tertiary/aromatic N) is 3. The Morgan fingerprint density at radius 3 is 2.62 bits per heavy atom. The van der Waals surface area contributed by atoms with Crippen molar-refractivity contribution < 1.29 is 32.6 Å². The number of aromatic nitrogens is 3. The number of ketones is 1. The second-order valence-electron chi connectivity index (χ2n) is 6.84. The third-order valence-electron chi connectivity index (χ3n) is 4.58. The fourth-order valence-electron chi connectivity index (χ4n) is 3.10. The Morgan fingerprint density at radius 1 is 1.12 bits per heavy atom. The smallest absolute Gasteiger partial charge is 0.481 e. The molecule has 32 heavy (non-hydrogen) atoms. The number of alkyl halides is 3. The third kappa shape index (κ3) is 4.64. The van der Waals surface area contributed by atoms with Gasteiger partial charge in [-0.1, -0.05) is 11.3 Å². The summed E-state index contributed by atoms with van der Waals surface area (Å²) >= 11 is 1.14. The van der Waals surface area contributed by atoms with Gasteiger partial charge in [-0.15, -0.1) is 13.2 Å². The zero-order valence-corrected chi connectivity index (χ0v) is 17.3. The number of anilines is 2. The largest absolute Gasteiger partial charge is 0.573 e. The minimum Gasteiger partial charge on any atom is -0.481 e. The fourth-order valence-corrected chi connectivity index (χ4v) is 3.99. The molecule has 0 saturated carbocycles. The number of benzene rings is 2. The average Bonchev–Trinajstić information content (AvgIpc) is 3.24. The predicted octanol–water partition coefficient (Wildman–Crippen LogP) is 4.87. The van der Waals surface area contributed by atoms with E-state index >= 15 is 0 Å². The minimum absolute atomic E-state index is 0.107. The van der Waals surface area contributed by atoms with Crippen LogP contribution >= 0.6 is 11.3 Å². The molecule has 2 aromatic heterocycles. The Balaban J connectivity index is 1.58. The molecule has 2 heterocycles. The molecule has 0 aliphatic rings. The Labute approximate surface area is 182 Å². The van der Waals surface area contributed by atoms with Crippen LogP contribution in [0.25, 0.3) is 21.3 Å². The molecule has 0 saturated heterocycles. The van der Waals surface area contributed by atoms with Crippen LogP contribution < -0.4 is 10.1 Å². The van der Waals surface area contributed by atoms with Gasteiger partial charge >= 0.3 is 12.3 Å². The van der Waals surface area contributed by atoms with Crippen LogP contribution in [0.1, 0.15) is 23.2 Å². The van der Waals surface area contributed by atoms with E-state index in [1.165, 1.54) is 18.2 Å². The summed E-state index contributed by atoms with van der Waals surface area (Å²) in [5, 5.41) is 12.2. The van der Waals surface area contributed by atoms with Crippen LogP contribution in [-0.2, 0) is 11.8 Å². The van der Waals surface area contributed by atoms with Crippen LogP contribution in [0.5, 0.6) is 5.75 Å². The normalized spacial score (nSPS) is 11.8. The summed E-state index contributed by atoms with van der Waals surface area (Å²) in [4.78, 5) is 31.7. The highest BCUT2D eigenvalue weighted by atomic mass is 32.1. The predicted molar refractivity (Wildman–Crippen MR) is 112 cm³/mol. The number of carbonyl (C=O) groups is 2. The number of thiazole rings is 1. The first-order chi connectivity index (χ1) is 15.1. The van der Waals surface area contributed by atoms with Crippen LogP contribution in [0.4, 0.5) is 24.3 Å². The highest BCUT2D eigenvalue weighted by Gasteiger charge is 2.31. The lowest BCUT2D eigenvalue weighted by Gasteiger charge is -2.07. The first-order valence-corrected chi connectivity index (χ1v) is 10.1. The highest BCUT2D eigenvalue weighted by Crippen LogP contribution is 2.33. The maximum absolute atomic E-state index is 12.4. The molecular formula is C20H15F3N4O4S. The number of carbonyl (C=O) groups excluding carboxylic acids is 1. The molecule has 0 atom stereocenters. The van der Waals surface area contributed by atoms with Crippen molar-refractivity contribution in [1.29, 1.82) is 0 Å². The number of ether oxygens (including phenoxy) is 1. The molecule has 0 unspecified atom stereocenters. The van der Waals surface area contributed by atoms with Gasteiger partial charge in [-0.3, -0.25) is 9.59 Å². The van der Waals surface area contributed by atoms with E-state index in [9.17, 15) is 22.8 Å². The molecule has 0 radical (unpaired) electrons. The van der Waals surface area contributed by atoms with Crippen LogP contribution in [0.2, 0.25) is 0 Å². The number of hydrogen-bond acceptors (Lipinski definition) is 7. The number of halogens is 3. The summed E-state index contributed by atoms with van der Waals surface area (Å²) in [6, 6.07) is 8.79. The van der Waals surface area contributed by atoms with Gasteiger partial charge < -0.3 is 19.7 Å². The second kappa shape index (κ2) is 8.11. The number of carboxylic acid groups (broad SMARTS) is 1. The number of nitrogens with one attached hydrogen (secondary N) is 1. The number of aryl methyl sites for hydroxylation is 1. The zero-order valence-electron chi connectivity index (χ0n) is 16.4. The Morgan fingerprint density at radius 2 is 1.91 bits per heavy atom. The van der Waals surface area contributed by atoms with Crippen molar-refractivity contribution in [2.75, 3.05) is 5.32 Å². The van der Waals surface area contributed by atoms with E-state index in [0.29, 0.717) is 32.4 Å². The average molecular weight is 464 g/mol. The van der Waals surface area contributed by atoms with Gasteiger partial charge in [0.05, 0.1) is 27.7 Å². The Hall–Kier alpha value is -3.67. The molecule has 166 valence electrons. The second-order valence-corrected chi connectivity index (χ2v) is 7.87. The van der Waals surface area contributed by atoms with E-state index < -0.39 is 12.3 Å². The quantitative estimate of drug-likeness (QED) is 0.376. The molecule has 0 spiro atoms. The lowest BCUT2D eigenvalue weighted by atomic mass is 10.1. The topological polar surface area (TPSA) is 106 Å². The van der Waals surface area contributed by atoms with E-state index in [1.807, 2.05) is 0 Å². The molecule has 0 aliphatic heterocycles. The maximum Gasteiger partial charge on any atom is 0.573 e. The molecule has 2 N–H and O–H groups in total. The van der Waals surface area contributed by atoms with Crippen molar-refractivity contribution in [1.82, 2.24) is 14.5 Å². The molecule has 0 amide bonds. The van der Waals surface area contributed by atoms with E-state index in [0.717, 1.165) is 16.9 Å². The molecular weight excluding hydrogens is 449 g/mol. The number of carboxylic acids is 1. The number of aliphatic carboxylic acids is 1. The van der Waals surface area contributed by atoms with E-state index in [1.54, 1.807) is 29.8 Å². The van der Waals surface area contributed by atoms with Crippen LogP contribution in [0.3, 0.4) is 0 Å². The van der Waals surface area contributed by atoms with Crippen LogP contribution in [-0.4, -0.2) is 37.8 Å². The number of hydrogen-bond donors (Lipinski definition) is 2. The van der Waals surface area contributed by atoms with Gasteiger partial charge in [-0.25, -0.2) is 9.97 Å². The Bertz CT molecular complexity index is 1350. The monoisotopic (exact) mass is 464 g/mol. The van der Waals surface area contributed by atoms with Gasteiger partial charge in [0, 0.05) is 25.1 Å². The number of rotatable bonds is 7. The summed E-state index contributed by atoms with van der Waals surface area (Å²) < 4.78 is 43.5. The number of fused-ring (bicyclic) bond motifs is 2. The molecule has 4 aromatic rings. The van der Waals surface area contributed by atoms with E-state index in [4.69, 9.17) is 5.11 Å². The lowest BCUT2D eigenvalue weighted by Crippen LogP contribution is -2.16. The molecule has 8 nitrogen and oxygen atoms in total. The van der Waals surface area contributed by atoms with Crippen molar-refractivity contribution >= 4 is 55.4 Å². The summed E-state index contributed by atoms with van der Waals surface area (Å²) in [6.45, 7) is 0. The van der Waals surface area contributed by atoms with Crippen molar-refractivity contribution in [3.05, 3.63) is 42.0 Å². The first kappa shape index (κ1) is 21.6. The lowest BCUT2D eigenvalue weighted by molar-refractivity contribution is -0.274. The van der Waals surface area contributed by atoms with Gasteiger partial charge in [0.25, 0.3) is 0 Å². The van der Waals surface area contributed by atoms with Crippen LogP contribution in [0, 0.1) is 0 Å². The van der Waals surface area contributed by atoms with Gasteiger partial charge in [0.1, 0.15) is 5.75 Å². The maximum atomic E-state index is 12.4. The first-order valence-electron chi connectivity index (χ1n) is 9.24. The summed E-state index contributed by atoms with van der Waals surface area (Å²) in [6.07, 6.45) is -5.13. The number of Topliss-reactive ketones (excluding diaryl/α,β-unsaturated/α-hetero) is 1. The minimum atomic E-state index is -4.78. The van der Waals surface area contributed by atoms with E-state index in [-0.39, 0.29) is 24.4 Å². The van der Waals surface area contributed by atoms with Crippen molar-refractivity contribution in [3.8, 4) is 5.75 Å². The van der Waals surface area contributed by atoms with Gasteiger partial charge in [0.2, 0.25) is 5.95 Å². The van der Waals surface area contributed by atoms with Crippen molar-refractivity contribution in [3.63, 3.8) is 0 Å². The standard InChI is InChI=1S/C20H15F3N4O4S/c1-27-14-5-2-10(15(28)6-7-17(29)30)8-13(14)24-18(27)26-19-25-12-4-3-11(9-16(12)32-19)31-20(21,22)23/h2-5,8-9H,6-7H2,1H3,(H,29,30)(H,24,25,26). The molecule has 4 rings (SSSR count). The number of imidazole rings is 1. The SMILES string of the molecule is Cn1c(Nc2nc3ccc(OC(F)(F)F)cc3s2)nc2cc(C(=O)CCC(=O)O)ccc21. The van der Waals surface area contributed by atoms with E-state index in [2.05, 4.69) is 20.0 Å². The molecule has 0 aliphatic carbocycles. The molecule has 0 bridgehead atoms. The summed E-state index contributed by atoms with van der Waals surface area (Å²) in [7, 11) is 1.76. The van der Waals surface area contributed by atoms with Crippen molar-refractivity contribution in [2.24, 2.45) is 7.05 Å². The zero-order chi connectivity index (χ0) is 23.0. The fraction of sp³-hybridized carbons (Fsp3) is 0.200. The molecule has 12 heteroatoms. The van der Waals surface area contributed by atoms with Crippen LogP contribution in [0.15, 0.2) is 36.4 Å². The van der Waals surface area contributed by atoms with Gasteiger partial charge in [-0.2, -0.15) is 0 Å². The molecule has 2 aromatic carbocycles.